The molecule has 0 unspecified atom stereocenters. The summed E-state index contributed by atoms with van der Waals surface area (Å²) in [5.74, 6) is 0.107. The average molecular weight is 565 g/mol. The lowest BCUT2D eigenvalue weighted by molar-refractivity contribution is -0.139. The molecule has 32 heavy (non-hydrogen) atoms. The number of hydrogen-bond acceptors (Lipinski definition) is 6. The molecule has 1 aromatic rings. The number of hydrogen-bond donors (Lipinski definition) is 4. The fourth-order valence-corrected chi connectivity index (χ4v) is 4.22. The van der Waals surface area contributed by atoms with Crippen molar-refractivity contribution in [2.45, 2.75) is 115 Å². The first-order chi connectivity index (χ1) is 15.6. The highest BCUT2D eigenvalue weighted by atomic mass is 127. The van der Waals surface area contributed by atoms with Gasteiger partial charge in [0.15, 0.2) is 5.82 Å². The van der Waals surface area contributed by atoms with Crippen LogP contribution in [0.2, 0.25) is 0 Å². The first-order valence-electron chi connectivity index (χ1n) is 12.2. The highest BCUT2D eigenvalue weighted by Crippen LogP contribution is 2.13. The van der Waals surface area contributed by atoms with Crippen molar-refractivity contribution in [3.05, 3.63) is 5.82 Å². The standard InChI is InChI=1S/C22H41IN6O3/c23-25-19(22(31)32)15-13-14-18-24-21(30)17-12-10-8-6-4-2-1-3-5-7-9-11-16-20-26-28-29-27-20/h19,25H,1-18H2,(H,24,30)(H,31,32)(H,26,27,28,29)/t19-/m0/s1. The molecule has 4 N–H and O–H groups in total. The van der Waals surface area contributed by atoms with E-state index >= 15 is 0 Å². The number of amides is 1. The van der Waals surface area contributed by atoms with Gasteiger partial charge in [-0.1, -0.05) is 69.4 Å². The van der Waals surface area contributed by atoms with Crippen LogP contribution in [0.25, 0.3) is 0 Å². The number of unbranched alkanes of at least 4 members (excludes halogenated alkanes) is 12. The van der Waals surface area contributed by atoms with E-state index in [1.54, 1.807) is 0 Å². The molecule has 0 bridgehead atoms. The van der Waals surface area contributed by atoms with Crippen molar-refractivity contribution in [2.75, 3.05) is 6.54 Å². The number of carboxylic acid groups (broad SMARTS) is 1. The van der Waals surface area contributed by atoms with Crippen LogP contribution in [0, 0.1) is 0 Å². The average Bonchev–Trinajstić information content (AvgIpc) is 3.29. The van der Waals surface area contributed by atoms with Crippen LogP contribution in [0.4, 0.5) is 0 Å². The van der Waals surface area contributed by atoms with E-state index in [0.717, 1.165) is 44.3 Å². The molecular formula is C22H41IN6O3. The summed E-state index contributed by atoms with van der Waals surface area (Å²) in [4.78, 5) is 22.7. The zero-order valence-corrected chi connectivity index (χ0v) is 21.4. The Morgan fingerprint density at radius 3 is 2.00 bits per heavy atom. The molecule has 184 valence electrons. The van der Waals surface area contributed by atoms with Crippen molar-refractivity contribution >= 4 is 34.7 Å². The van der Waals surface area contributed by atoms with Crippen LogP contribution in [0.3, 0.4) is 0 Å². The van der Waals surface area contributed by atoms with Gasteiger partial charge in [0.2, 0.25) is 5.91 Å². The van der Waals surface area contributed by atoms with Crippen LogP contribution < -0.4 is 8.85 Å². The van der Waals surface area contributed by atoms with E-state index in [2.05, 4.69) is 29.5 Å². The van der Waals surface area contributed by atoms with Gasteiger partial charge in [-0.05, 0) is 32.1 Å². The molecular weight excluding hydrogens is 523 g/mol. The van der Waals surface area contributed by atoms with Crippen LogP contribution in [-0.4, -0.2) is 50.2 Å². The number of tetrazole rings is 1. The molecule has 0 aliphatic rings. The first kappa shape index (κ1) is 28.7. The Balaban J connectivity index is 1.76. The number of carbonyl (C=O) groups excluding carboxylic acids is 1. The lowest BCUT2D eigenvalue weighted by atomic mass is 10.0. The van der Waals surface area contributed by atoms with Crippen molar-refractivity contribution in [2.24, 2.45) is 0 Å². The van der Waals surface area contributed by atoms with Crippen molar-refractivity contribution in [1.29, 1.82) is 0 Å². The Morgan fingerprint density at radius 2 is 1.47 bits per heavy atom. The number of carboxylic acids is 1. The SMILES string of the molecule is O=C(CCCCCCCCCCCCCCc1nn[nH]n1)NCCCC[C@H](NI)C(=O)O. The van der Waals surface area contributed by atoms with Gasteiger partial charge in [-0.15, -0.1) is 10.2 Å². The smallest absolute Gasteiger partial charge is 0.321 e. The van der Waals surface area contributed by atoms with E-state index in [1.165, 1.54) is 57.8 Å². The Bertz CT molecular complexity index is 588. The predicted octanol–water partition coefficient (Wildman–Crippen LogP) is 4.49. The largest absolute Gasteiger partial charge is 0.480 e. The molecule has 1 heterocycles. The van der Waals surface area contributed by atoms with Gasteiger partial charge < -0.3 is 10.4 Å². The maximum Gasteiger partial charge on any atom is 0.321 e. The molecule has 1 atom stereocenters. The highest BCUT2D eigenvalue weighted by Gasteiger charge is 2.14. The maximum absolute atomic E-state index is 11.8. The van der Waals surface area contributed by atoms with E-state index < -0.39 is 12.0 Å². The molecule has 1 aromatic heterocycles. The van der Waals surface area contributed by atoms with Crippen molar-refractivity contribution in [3.63, 3.8) is 0 Å². The minimum Gasteiger partial charge on any atom is -0.480 e. The highest BCUT2D eigenvalue weighted by molar-refractivity contribution is 14.1. The normalized spacial score (nSPS) is 12.0. The fraction of sp³-hybridized carbons (Fsp3) is 0.864. The summed E-state index contributed by atoms with van der Waals surface area (Å²) in [7, 11) is 0. The summed E-state index contributed by atoms with van der Waals surface area (Å²) in [5, 5.41) is 25.9. The lowest BCUT2D eigenvalue weighted by Crippen LogP contribution is -2.30. The van der Waals surface area contributed by atoms with E-state index in [1.807, 2.05) is 22.9 Å². The number of aliphatic carboxylic acids is 1. The minimum atomic E-state index is -0.826. The Kier molecular flexibility index (Phi) is 18.2. The third kappa shape index (κ3) is 16.3. The topological polar surface area (TPSA) is 133 Å². The summed E-state index contributed by atoms with van der Waals surface area (Å²) >= 11 is 1.87. The Morgan fingerprint density at radius 1 is 0.875 bits per heavy atom. The molecule has 0 aliphatic heterocycles. The molecule has 1 rings (SSSR count). The number of aryl methyl sites for hydroxylation is 1. The zero-order chi connectivity index (χ0) is 23.3. The van der Waals surface area contributed by atoms with Gasteiger partial charge in [-0.3, -0.25) is 9.59 Å². The van der Waals surface area contributed by atoms with Gasteiger partial charge in [-0.25, -0.2) is 3.53 Å². The number of H-pyrrole nitrogens is 1. The second-order valence-corrected chi connectivity index (χ2v) is 9.04. The third-order valence-corrected chi connectivity index (χ3v) is 6.37. The number of aromatic amines is 1. The van der Waals surface area contributed by atoms with Crippen molar-refractivity contribution in [1.82, 2.24) is 29.5 Å². The van der Waals surface area contributed by atoms with Gasteiger partial charge in [0.05, 0.1) is 0 Å². The number of nitrogens with one attached hydrogen (secondary N) is 3. The van der Waals surface area contributed by atoms with E-state index in [4.69, 9.17) is 5.11 Å². The molecule has 0 saturated carbocycles. The molecule has 1 amide bonds. The third-order valence-electron chi connectivity index (χ3n) is 5.61. The summed E-state index contributed by atoms with van der Waals surface area (Å²) in [6, 6.07) is -0.509. The summed E-state index contributed by atoms with van der Waals surface area (Å²) < 4.78 is 2.75. The minimum absolute atomic E-state index is 0.115. The first-order valence-corrected chi connectivity index (χ1v) is 13.3. The van der Waals surface area contributed by atoms with Gasteiger partial charge in [0.25, 0.3) is 0 Å². The van der Waals surface area contributed by atoms with Crippen LogP contribution in [0.15, 0.2) is 0 Å². The molecule has 0 fully saturated rings. The number of halogens is 1. The van der Waals surface area contributed by atoms with Gasteiger partial charge in [-0.2, -0.15) is 5.21 Å². The second-order valence-electron chi connectivity index (χ2n) is 8.42. The van der Waals surface area contributed by atoms with Crippen LogP contribution in [0.5, 0.6) is 0 Å². The molecule has 9 nitrogen and oxygen atoms in total. The predicted molar refractivity (Wildman–Crippen MR) is 133 cm³/mol. The van der Waals surface area contributed by atoms with E-state index in [9.17, 15) is 9.59 Å². The van der Waals surface area contributed by atoms with Crippen LogP contribution in [0.1, 0.15) is 109 Å². The number of carbonyl (C=O) groups is 2. The van der Waals surface area contributed by atoms with Crippen molar-refractivity contribution < 1.29 is 14.7 Å². The van der Waals surface area contributed by atoms with Gasteiger partial charge >= 0.3 is 5.97 Å². The van der Waals surface area contributed by atoms with Crippen LogP contribution >= 0.6 is 22.9 Å². The zero-order valence-electron chi connectivity index (χ0n) is 19.3. The summed E-state index contributed by atoms with van der Waals surface area (Å²) in [5.41, 5.74) is 0. The molecule has 0 aromatic carbocycles. The number of aromatic nitrogens is 4. The summed E-state index contributed by atoms with van der Waals surface area (Å²) in [6.45, 7) is 0.630. The van der Waals surface area contributed by atoms with Gasteiger partial charge in [0, 0.05) is 42.3 Å². The summed E-state index contributed by atoms with van der Waals surface area (Å²) in [6.07, 6.45) is 18.5. The Labute approximate surface area is 206 Å². The molecule has 10 heteroatoms. The quantitative estimate of drug-likeness (QED) is 0.0927. The molecule has 0 spiro atoms. The lowest BCUT2D eigenvalue weighted by Gasteiger charge is -2.09. The van der Waals surface area contributed by atoms with Gasteiger partial charge in [0.1, 0.15) is 6.04 Å². The molecule has 0 saturated heterocycles. The second kappa shape index (κ2) is 20.3. The number of rotatable bonds is 22. The fourth-order valence-electron chi connectivity index (χ4n) is 3.64. The molecule has 0 radical (unpaired) electrons. The Hall–Kier alpha value is -1.30. The monoisotopic (exact) mass is 564 g/mol. The number of nitrogens with zero attached hydrogens (tertiary/aromatic N) is 3. The maximum atomic E-state index is 11.8. The van der Waals surface area contributed by atoms with E-state index in [-0.39, 0.29) is 5.91 Å². The van der Waals surface area contributed by atoms with Crippen molar-refractivity contribution in [3.8, 4) is 0 Å². The molecule has 0 aliphatic carbocycles. The van der Waals surface area contributed by atoms with Crippen LogP contribution in [-0.2, 0) is 16.0 Å². The van der Waals surface area contributed by atoms with E-state index in [0.29, 0.717) is 19.4 Å².